The van der Waals surface area contributed by atoms with Crippen molar-refractivity contribution in [2.24, 2.45) is 5.92 Å². The van der Waals surface area contributed by atoms with E-state index in [-0.39, 0.29) is 41.5 Å². The fourth-order valence-corrected chi connectivity index (χ4v) is 4.54. The van der Waals surface area contributed by atoms with Crippen molar-refractivity contribution < 1.29 is 31.3 Å². The molecular weight excluding hydrogens is 475 g/mol. The number of carbonyl (C=O) groups excluding carboxylic acids is 1. The van der Waals surface area contributed by atoms with Crippen molar-refractivity contribution >= 4 is 27.1 Å². The number of nitro benzene ring substituents is 1. The van der Waals surface area contributed by atoms with Crippen molar-refractivity contribution in [3.8, 4) is 0 Å². The van der Waals surface area contributed by atoms with Gasteiger partial charge in [-0.3, -0.25) is 14.9 Å². The van der Waals surface area contributed by atoms with Gasteiger partial charge in [-0.25, -0.2) is 8.42 Å². The molecule has 1 amide bonds. The van der Waals surface area contributed by atoms with Crippen LogP contribution in [0.15, 0.2) is 47.4 Å². The quantitative estimate of drug-likeness (QED) is 0.473. The summed E-state index contributed by atoms with van der Waals surface area (Å²) in [6.07, 6.45) is -2.82. The van der Waals surface area contributed by atoms with E-state index in [2.05, 4.69) is 5.32 Å². The number of halogens is 3. The Morgan fingerprint density at radius 1 is 1.15 bits per heavy atom. The second-order valence-corrected chi connectivity index (χ2v) is 10.3. The fourth-order valence-electron chi connectivity index (χ4n) is 3.91. The third-order valence-corrected chi connectivity index (χ3v) is 7.00. The molecule has 1 atom stereocenters. The van der Waals surface area contributed by atoms with Crippen LogP contribution in [0.2, 0.25) is 0 Å². The van der Waals surface area contributed by atoms with Crippen LogP contribution in [-0.2, 0) is 20.8 Å². The maximum absolute atomic E-state index is 12.9. The monoisotopic (exact) mass is 499 g/mol. The van der Waals surface area contributed by atoms with Crippen LogP contribution < -0.4 is 10.2 Å². The Labute approximate surface area is 194 Å². The van der Waals surface area contributed by atoms with Gasteiger partial charge in [0.05, 0.1) is 21.4 Å². The molecule has 1 N–H and O–H groups in total. The largest absolute Gasteiger partial charge is 0.416 e. The summed E-state index contributed by atoms with van der Waals surface area (Å²) in [7, 11) is -3.32. The number of sulfone groups is 1. The number of nitrogens with one attached hydrogen (secondary N) is 1. The number of alkyl halides is 3. The van der Waals surface area contributed by atoms with Crippen molar-refractivity contribution in [3.05, 3.63) is 63.7 Å². The number of anilines is 1. The Balaban J connectivity index is 1.63. The molecule has 2 aromatic rings. The molecule has 1 heterocycles. The smallest absolute Gasteiger partial charge is 0.366 e. The highest BCUT2D eigenvalue weighted by molar-refractivity contribution is 7.90. The number of piperidine rings is 1. The summed E-state index contributed by atoms with van der Waals surface area (Å²) >= 11 is 0. The average molecular weight is 500 g/mol. The first-order valence-corrected chi connectivity index (χ1v) is 12.4. The van der Waals surface area contributed by atoms with E-state index in [9.17, 15) is 36.5 Å². The molecule has 1 fully saturated rings. The molecule has 8 nitrogen and oxygen atoms in total. The Morgan fingerprint density at radius 3 is 2.24 bits per heavy atom. The normalized spacial score (nSPS) is 16.2. The number of nitrogens with zero attached hydrogens (tertiary/aromatic N) is 2. The molecule has 1 saturated heterocycles. The van der Waals surface area contributed by atoms with Gasteiger partial charge in [0.25, 0.3) is 5.69 Å². The van der Waals surface area contributed by atoms with Gasteiger partial charge in [0, 0.05) is 31.3 Å². The molecule has 0 unspecified atom stereocenters. The van der Waals surface area contributed by atoms with Crippen LogP contribution in [0.5, 0.6) is 0 Å². The highest BCUT2D eigenvalue weighted by Crippen LogP contribution is 2.37. The standard InChI is InChI=1S/C22H24F3N3O5S/c1-14(15-3-6-18(7-4-15)34(2,32)33)26-21(29)16-9-11-27(12-10-16)19-8-5-17(22(23,24)25)13-20(19)28(30)31/h3-8,13-14,16H,9-12H2,1-2H3,(H,26,29)/t14-/m1/s1. The summed E-state index contributed by atoms with van der Waals surface area (Å²) < 4.78 is 62.0. The van der Waals surface area contributed by atoms with Gasteiger partial charge >= 0.3 is 6.18 Å². The molecule has 0 spiro atoms. The summed E-state index contributed by atoms with van der Waals surface area (Å²) in [6.45, 7) is 2.33. The molecule has 0 aromatic heterocycles. The summed E-state index contributed by atoms with van der Waals surface area (Å²) in [5.41, 5.74) is -0.880. The van der Waals surface area contributed by atoms with E-state index < -0.39 is 32.2 Å². The van der Waals surface area contributed by atoms with Crippen LogP contribution in [0.3, 0.4) is 0 Å². The fraction of sp³-hybridized carbons (Fsp3) is 0.409. The molecule has 1 aliphatic rings. The van der Waals surface area contributed by atoms with Gasteiger partial charge < -0.3 is 10.2 Å². The van der Waals surface area contributed by atoms with E-state index >= 15 is 0 Å². The molecule has 12 heteroatoms. The minimum absolute atomic E-state index is 0.0937. The SMILES string of the molecule is C[C@@H](NC(=O)C1CCN(c2ccc(C(F)(F)F)cc2[N+](=O)[O-])CC1)c1ccc(S(C)(=O)=O)cc1. The van der Waals surface area contributed by atoms with Gasteiger partial charge in [-0.15, -0.1) is 0 Å². The van der Waals surface area contributed by atoms with Crippen molar-refractivity contribution in [1.29, 1.82) is 0 Å². The van der Waals surface area contributed by atoms with Crippen LogP contribution in [0.25, 0.3) is 0 Å². The molecule has 34 heavy (non-hydrogen) atoms. The Hall–Kier alpha value is -3.15. The summed E-state index contributed by atoms with van der Waals surface area (Å²) in [4.78, 5) is 25.1. The van der Waals surface area contributed by atoms with Gasteiger partial charge in [0.15, 0.2) is 9.84 Å². The number of hydrogen-bond acceptors (Lipinski definition) is 6. The number of benzene rings is 2. The lowest BCUT2D eigenvalue weighted by Crippen LogP contribution is -2.41. The highest BCUT2D eigenvalue weighted by atomic mass is 32.2. The zero-order chi connectivity index (χ0) is 25.3. The topological polar surface area (TPSA) is 110 Å². The van der Waals surface area contributed by atoms with E-state index in [4.69, 9.17) is 0 Å². The first-order chi connectivity index (χ1) is 15.8. The maximum atomic E-state index is 12.9. The van der Waals surface area contributed by atoms with Crippen molar-refractivity contribution in [2.75, 3.05) is 24.2 Å². The Kier molecular flexibility index (Phi) is 7.20. The van der Waals surface area contributed by atoms with E-state index in [1.54, 1.807) is 24.0 Å². The predicted octanol–water partition coefficient (Wildman–Crippen LogP) is 4.11. The Morgan fingerprint density at radius 2 is 1.74 bits per heavy atom. The minimum atomic E-state index is -4.68. The van der Waals surface area contributed by atoms with Gasteiger partial charge in [-0.1, -0.05) is 12.1 Å². The zero-order valence-electron chi connectivity index (χ0n) is 18.5. The van der Waals surface area contributed by atoms with Crippen LogP contribution in [0.1, 0.15) is 36.9 Å². The van der Waals surface area contributed by atoms with Gasteiger partial charge in [-0.05, 0) is 49.6 Å². The first kappa shape index (κ1) is 25.5. The number of amides is 1. The first-order valence-electron chi connectivity index (χ1n) is 10.5. The number of carbonyl (C=O) groups is 1. The van der Waals surface area contributed by atoms with Crippen LogP contribution in [0, 0.1) is 16.0 Å². The molecule has 0 bridgehead atoms. The number of hydrogen-bond donors (Lipinski definition) is 1. The molecule has 1 aliphatic heterocycles. The molecule has 0 radical (unpaired) electrons. The zero-order valence-corrected chi connectivity index (χ0v) is 19.3. The van der Waals surface area contributed by atoms with E-state index in [1.807, 2.05) is 0 Å². The number of nitro groups is 1. The molecule has 0 aliphatic carbocycles. The van der Waals surface area contributed by atoms with Crippen LogP contribution in [0.4, 0.5) is 24.5 Å². The van der Waals surface area contributed by atoms with E-state index in [1.165, 1.54) is 12.1 Å². The second-order valence-electron chi connectivity index (χ2n) is 8.29. The van der Waals surface area contributed by atoms with Gasteiger partial charge in [0.2, 0.25) is 5.91 Å². The van der Waals surface area contributed by atoms with E-state index in [0.717, 1.165) is 24.0 Å². The second kappa shape index (κ2) is 9.61. The minimum Gasteiger partial charge on any atom is -0.366 e. The van der Waals surface area contributed by atoms with Crippen LogP contribution >= 0.6 is 0 Å². The maximum Gasteiger partial charge on any atom is 0.416 e. The van der Waals surface area contributed by atoms with E-state index in [0.29, 0.717) is 18.9 Å². The average Bonchev–Trinajstić information content (AvgIpc) is 2.77. The Bertz CT molecular complexity index is 1180. The third-order valence-electron chi connectivity index (χ3n) is 5.87. The molecule has 0 saturated carbocycles. The summed E-state index contributed by atoms with van der Waals surface area (Å²) in [5.74, 6) is -0.566. The lowest BCUT2D eigenvalue weighted by atomic mass is 9.94. The predicted molar refractivity (Wildman–Crippen MR) is 119 cm³/mol. The summed E-state index contributed by atoms with van der Waals surface area (Å²) in [5, 5.41) is 14.3. The summed E-state index contributed by atoms with van der Waals surface area (Å²) in [6, 6.07) is 8.30. The highest BCUT2D eigenvalue weighted by Gasteiger charge is 2.35. The van der Waals surface area contributed by atoms with Gasteiger partial charge in [-0.2, -0.15) is 13.2 Å². The van der Waals surface area contributed by atoms with Crippen LogP contribution in [-0.4, -0.2) is 38.6 Å². The molecule has 2 aromatic carbocycles. The lowest BCUT2D eigenvalue weighted by Gasteiger charge is -2.33. The van der Waals surface area contributed by atoms with Gasteiger partial charge in [0.1, 0.15) is 5.69 Å². The number of rotatable bonds is 6. The third kappa shape index (κ3) is 5.85. The molecule has 184 valence electrons. The van der Waals surface area contributed by atoms with Crippen molar-refractivity contribution in [1.82, 2.24) is 5.32 Å². The lowest BCUT2D eigenvalue weighted by molar-refractivity contribution is -0.384. The molecular formula is C22H24F3N3O5S. The van der Waals surface area contributed by atoms with Crippen molar-refractivity contribution in [3.63, 3.8) is 0 Å². The van der Waals surface area contributed by atoms with Crippen molar-refractivity contribution in [2.45, 2.75) is 36.9 Å². The molecule has 3 rings (SSSR count).